The van der Waals surface area contributed by atoms with Gasteiger partial charge in [0.05, 0.1) is 50.4 Å². The van der Waals surface area contributed by atoms with Gasteiger partial charge in [-0.2, -0.15) is 17.6 Å². The Morgan fingerprint density at radius 1 is 0.766 bits per heavy atom. The quantitative estimate of drug-likeness (QED) is 0.157. The molecular formula is C45H49F4N7O8. The van der Waals surface area contributed by atoms with Crippen LogP contribution in [0.5, 0.6) is 0 Å². The topological polar surface area (TPSA) is 199 Å². The van der Waals surface area contributed by atoms with Crippen molar-refractivity contribution >= 4 is 35.3 Å². The van der Waals surface area contributed by atoms with Crippen LogP contribution in [0, 0.1) is 11.8 Å². The third-order valence-corrected chi connectivity index (χ3v) is 14.2. The second kappa shape index (κ2) is 16.0. The number of aliphatic hydroxyl groups excluding tert-OH is 2. The van der Waals surface area contributed by atoms with Crippen molar-refractivity contribution in [3.05, 3.63) is 71.3 Å². The maximum atomic E-state index is 16.3. The van der Waals surface area contributed by atoms with E-state index in [0.29, 0.717) is 36.4 Å². The average molecular weight is 892 g/mol. The normalized spacial score (nSPS) is 27.5. The number of aromatic nitrogens is 2. The van der Waals surface area contributed by atoms with E-state index >= 15 is 17.6 Å². The highest BCUT2D eigenvalue weighted by molar-refractivity contribution is 6.04. The number of halogens is 4. The van der Waals surface area contributed by atoms with Crippen molar-refractivity contribution in [2.45, 2.75) is 119 Å². The van der Waals surface area contributed by atoms with Gasteiger partial charge in [0, 0.05) is 47.1 Å². The van der Waals surface area contributed by atoms with E-state index in [9.17, 15) is 29.4 Å². The summed E-state index contributed by atoms with van der Waals surface area (Å²) in [4.78, 5) is 67.3. The molecule has 0 radical (unpaired) electrons. The zero-order valence-corrected chi connectivity index (χ0v) is 35.5. The summed E-state index contributed by atoms with van der Waals surface area (Å²) in [5.41, 5.74) is 0.0383. The minimum atomic E-state index is -4.63. The lowest BCUT2D eigenvalue weighted by molar-refractivity contribution is -0.225. The SMILES string of the molecule is COC(=O)N[C@H](C(=O)N1[C@@H]2CC[C@@H](C2)[C@H]1C1=NC=C(c2ccc3c(c2)C(F)(F)C(F)(F)c2cc(-c4cnc([C@@H]5[C@H]6CC[C@H](C6)N5C(=O)[C@@H](NC(=O)OC)[C@@H](C)O)[nH]4)ccc2-3)C1)[C@@H](C)O. The Morgan fingerprint density at radius 2 is 1.27 bits per heavy atom. The standard InChI is InChI=1S/C45H49F4N7O8/c1-20(57)35(53-42(61)63-3)40(59)55-27-9-5-24(13-27)37(55)33-17-26(18-50-33)22-7-11-29-30-12-8-23(16-32(30)45(48,49)44(46,47)31(29)15-22)34-19-51-39(52-34)38-25-6-10-28(14-25)56(38)41(60)36(21(2)58)54-43(62)64-4/h7-8,11-12,15-16,18-21,24-25,27-28,35-38,57-58H,5-6,9-10,13-14,17H2,1-4H3,(H,51,52)(H,53,61)(H,54,62)/t20-,21-,24+,25+,27-,28-,35+,36+,37+,38+/m1/s1. The summed E-state index contributed by atoms with van der Waals surface area (Å²) < 4.78 is 74.5. The Kier molecular flexibility index (Phi) is 10.9. The maximum absolute atomic E-state index is 16.3. The predicted molar refractivity (Wildman–Crippen MR) is 222 cm³/mol. The van der Waals surface area contributed by atoms with Gasteiger partial charge >= 0.3 is 24.0 Å². The van der Waals surface area contributed by atoms with Gasteiger partial charge in [-0.15, -0.1) is 0 Å². The van der Waals surface area contributed by atoms with Crippen molar-refractivity contribution in [1.29, 1.82) is 0 Å². The monoisotopic (exact) mass is 891 g/mol. The molecule has 1 aromatic heterocycles. The summed E-state index contributed by atoms with van der Waals surface area (Å²) in [5, 5.41) is 25.7. The van der Waals surface area contributed by atoms with E-state index in [1.54, 1.807) is 21.9 Å². The molecule has 2 aromatic carbocycles. The number of carbonyl (C=O) groups excluding carboxylic acids is 4. The number of rotatable bonds is 10. The van der Waals surface area contributed by atoms with Crippen LogP contribution in [0.1, 0.15) is 87.3 Å². The van der Waals surface area contributed by atoms with Gasteiger partial charge < -0.3 is 45.1 Å². The summed E-state index contributed by atoms with van der Waals surface area (Å²) in [6.07, 6.45) is 3.28. The lowest BCUT2D eigenvalue weighted by atomic mass is 9.78. The van der Waals surface area contributed by atoms with Gasteiger partial charge in [0.1, 0.15) is 17.9 Å². The highest BCUT2D eigenvalue weighted by Crippen LogP contribution is 2.59. The van der Waals surface area contributed by atoms with E-state index in [1.807, 2.05) is 0 Å². The third-order valence-electron chi connectivity index (χ3n) is 14.2. The fourth-order valence-corrected chi connectivity index (χ4v) is 11.1. The summed E-state index contributed by atoms with van der Waals surface area (Å²) in [5.74, 6) is -9.86. The number of aliphatic imine (C=N–C) groups is 1. The number of hydrogen-bond donors (Lipinski definition) is 5. The number of allylic oxidation sites excluding steroid dienone is 1. The van der Waals surface area contributed by atoms with Crippen molar-refractivity contribution < 1.29 is 56.4 Å². The van der Waals surface area contributed by atoms with Crippen LogP contribution < -0.4 is 10.6 Å². The van der Waals surface area contributed by atoms with Crippen LogP contribution in [0.25, 0.3) is 28.0 Å². The Hall–Kier alpha value is -5.82. The lowest BCUT2D eigenvalue weighted by Gasteiger charge is -2.38. The van der Waals surface area contributed by atoms with Gasteiger partial charge in [0.25, 0.3) is 0 Å². The molecule has 19 heteroatoms. The smallest absolute Gasteiger partial charge is 0.407 e. The molecule has 15 nitrogen and oxygen atoms in total. The molecule has 10 atom stereocenters. The van der Waals surface area contributed by atoms with Gasteiger partial charge in [0.2, 0.25) is 11.8 Å². The van der Waals surface area contributed by atoms with E-state index in [2.05, 4.69) is 35.1 Å². The molecule has 3 aromatic rings. The number of ether oxygens (including phenoxy) is 2. The number of imidazole rings is 1. The van der Waals surface area contributed by atoms with Crippen LogP contribution in [0.4, 0.5) is 27.2 Å². The van der Waals surface area contributed by atoms with Gasteiger partial charge in [-0.1, -0.05) is 24.3 Å². The molecular weight excluding hydrogens is 843 g/mol. The number of methoxy groups -OCH3 is 2. The third kappa shape index (κ3) is 6.92. The van der Waals surface area contributed by atoms with Crippen molar-refractivity contribution in [2.75, 3.05) is 14.2 Å². The Balaban J connectivity index is 0.963. The largest absolute Gasteiger partial charge is 0.453 e. The molecule has 4 heterocycles. The van der Waals surface area contributed by atoms with Crippen LogP contribution in [-0.4, -0.2) is 116 Å². The van der Waals surface area contributed by atoms with E-state index in [1.165, 1.54) is 38.4 Å². The highest BCUT2D eigenvalue weighted by Gasteiger charge is 2.63. The van der Waals surface area contributed by atoms with E-state index in [-0.39, 0.29) is 58.3 Å². The number of piperidine rings is 2. The van der Waals surface area contributed by atoms with Gasteiger partial charge in [-0.25, -0.2) is 14.6 Å². The molecule has 2 saturated carbocycles. The number of likely N-dealkylation sites (tertiary alicyclic amines) is 2. The molecule has 9 rings (SSSR count). The minimum absolute atomic E-state index is 0.00562. The first-order valence-corrected chi connectivity index (χ1v) is 21.5. The molecule has 3 aliphatic heterocycles. The van der Waals surface area contributed by atoms with E-state index < -0.39 is 83.3 Å². The fraction of sp³-hybridized carbons (Fsp3) is 0.511. The number of amides is 4. The highest BCUT2D eigenvalue weighted by atomic mass is 19.3. The summed E-state index contributed by atoms with van der Waals surface area (Å²) in [7, 11) is 2.29. The van der Waals surface area contributed by atoms with Crippen LogP contribution in [0.15, 0.2) is 53.8 Å². The Bertz CT molecular complexity index is 2470. The first-order valence-electron chi connectivity index (χ1n) is 21.5. The molecule has 0 spiro atoms. The minimum Gasteiger partial charge on any atom is -0.453 e. The molecule has 64 heavy (non-hydrogen) atoms. The number of fused-ring (bicyclic) bond motifs is 7. The van der Waals surface area contributed by atoms with Crippen LogP contribution >= 0.6 is 0 Å². The first kappa shape index (κ1) is 43.4. The van der Waals surface area contributed by atoms with E-state index in [4.69, 9.17) is 0 Å². The average Bonchev–Trinajstić information content (AvgIpc) is 4.15. The van der Waals surface area contributed by atoms with Gasteiger partial charge in [-0.05, 0) is 98.6 Å². The second-order valence-corrected chi connectivity index (χ2v) is 17.8. The molecule has 340 valence electrons. The fourth-order valence-electron chi connectivity index (χ4n) is 11.1. The maximum Gasteiger partial charge on any atom is 0.407 e. The zero-order valence-electron chi connectivity index (χ0n) is 35.5. The van der Waals surface area contributed by atoms with Crippen LogP contribution in [0.3, 0.4) is 0 Å². The number of aliphatic hydroxyl groups is 2. The predicted octanol–water partition coefficient (Wildman–Crippen LogP) is 5.77. The Morgan fingerprint density at radius 3 is 1.80 bits per heavy atom. The molecule has 4 bridgehead atoms. The van der Waals surface area contributed by atoms with Crippen LogP contribution in [-0.2, 0) is 30.9 Å². The van der Waals surface area contributed by atoms with Gasteiger partial charge in [-0.3, -0.25) is 14.6 Å². The number of carbonyl (C=O) groups is 4. The molecule has 5 N–H and O–H groups in total. The molecule has 4 amide bonds. The van der Waals surface area contributed by atoms with E-state index in [0.717, 1.165) is 45.6 Å². The number of H-pyrrole nitrogens is 1. The van der Waals surface area contributed by atoms with Crippen molar-refractivity contribution in [1.82, 2.24) is 30.4 Å². The molecule has 0 unspecified atom stereocenters. The Labute approximate surface area is 365 Å². The molecule has 3 aliphatic carbocycles. The van der Waals surface area contributed by atoms with Gasteiger partial charge in [0.15, 0.2) is 0 Å². The van der Waals surface area contributed by atoms with Crippen molar-refractivity contribution in [2.24, 2.45) is 16.8 Å². The van der Waals surface area contributed by atoms with Crippen LogP contribution in [0.2, 0.25) is 0 Å². The number of alkyl carbamates (subject to hydrolysis) is 2. The van der Waals surface area contributed by atoms with Crippen molar-refractivity contribution in [3.8, 4) is 22.4 Å². The number of benzene rings is 2. The number of alkyl halides is 4. The summed E-state index contributed by atoms with van der Waals surface area (Å²) in [6, 6.07) is 4.13. The van der Waals surface area contributed by atoms with Crippen molar-refractivity contribution in [3.63, 3.8) is 0 Å². The summed E-state index contributed by atoms with van der Waals surface area (Å²) >= 11 is 0. The second-order valence-electron chi connectivity index (χ2n) is 17.8. The zero-order chi connectivity index (χ0) is 45.6. The molecule has 4 fully saturated rings. The number of nitrogens with one attached hydrogen (secondary N) is 3. The number of nitrogens with zero attached hydrogens (tertiary/aromatic N) is 4. The number of aromatic amines is 1. The summed E-state index contributed by atoms with van der Waals surface area (Å²) in [6.45, 7) is 2.77. The molecule has 6 aliphatic rings. The molecule has 2 saturated heterocycles. The number of hydrogen-bond acceptors (Lipinski definition) is 10. The lowest BCUT2D eigenvalue weighted by Crippen LogP contribution is -2.59. The first-order chi connectivity index (χ1) is 30.4.